The van der Waals surface area contributed by atoms with Crippen molar-refractivity contribution in [1.82, 2.24) is 4.90 Å². The Bertz CT molecular complexity index is 420. The average Bonchev–Trinajstić information content (AvgIpc) is 2.46. The number of hydrogen-bond donors (Lipinski definition) is 0. The molecule has 0 bridgehead atoms. The fourth-order valence-corrected chi connectivity index (χ4v) is 1.73. The molecule has 82 valence electrons. The molecule has 2 rings (SSSR count). The zero-order chi connectivity index (χ0) is 11.4. The number of carbonyl (C=O) groups is 1. The molecule has 1 aliphatic rings. The maximum atomic E-state index is 11.8. The lowest BCUT2D eigenvalue weighted by atomic mass is 10.2. The molecule has 1 aromatic carbocycles. The van der Waals surface area contributed by atoms with Crippen molar-refractivity contribution in [3.63, 3.8) is 0 Å². The molecule has 2 nitrogen and oxygen atoms in total. The lowest BCUT2D eigenvalue weighted by molar-refractivity contribution is -0.126. The molecule has 0 aromatic heterocycles. The summed E-state index contributed by atoms with van der Waals surface area (Å²) in [6, 6.07) is 10.0. The van der Waals surface area contributed by atoms with E-state index in [1.165, 1.54) is 0 Å². The van der Waals surface area contributed by atoms with Gasteiger partial charge in [0.25, 0.3) is 0 Å². The van der Waals surface area contributed by atoms with Gasteiger partial charge in [0, 0.05) is 19.2 Å². The van der Waals surface area contributed by atoms with Gasteiger partial charge >= 0.3 is 0 Å². The van der Waals surface area contributed by atoms with Crippen LogP contribution in [0.3, 0.4) is 0 Å². The first-order chi connectivity index (χ1) is 7.75. The molecule has 2 heteroatoms. The van der Waals surface area contributed by atoms with Crippen LogP contribution >= 0.6 is 0 Å². The largest absolute Gasteiger partial charge is 0.335 e. The molecule has 1 amide bonds. The third kappa shape index (κ3) is 2.60. The van der Waals surface area contributed by atoms with Crippen molar-refractivity contribution in [3.05, 3.63) is 60.2 Å². The second-order valence-corrected chi connectivity index (χ2v) is 3.99. The molecular formula is C14H15NO. The van der Waals surface area contributed by atoms with Crippen LogP contribution in [-0.2, 0) is 11.3 Å². The summed E-state index contributed by atoms with van der Waals surface area (Å²) in [5.41, 5.74) is 2.18. The van der Waals surface area contributed by atoms with Crippen LogP contribution in [0.1, 0.15) is 12.0 Å². The van der Waals surface area contributed by atoms with Crippen LogP contribution < -0.4 is 0 Å². The Morgan fingerprint density at radius 1 is 1.19 bits per heavy atom. The van der Waals surface area contributed by atoms with Gasteiger partial charge in [0.05, 0.1) is 0 Å². The van der Waals surface area contributed by atoms with Gasteiger partial charge in [0.2, 0.25) is 5.91 Å². The lowest BCUT2D eigenvalue weighted by Crippen LogP contribution is -2.28. The first-order valence-corrected chi connectivity index (χ1v) is 5.44. The summed E-state index contributed by atoms with van der Waals surface area (Å²) < 4.78 is 0. The minimum absolute atomic E-state index is 0.0718. The van der Waals surface area contributed by atoms with Gasteiger partial charge in [-0.3, -0.25) is 4.79 Å². The summed E-state index contributed by atoms with van der Waals surface area (Å²) in [7, 11) is 0. The molecule has 1 aliphatic heterocycles. The van der Waals surface area contributed by atoms with E-state index < -0.39 is 0 Å². The molecule has 0 atom stereocenters. The molecule has 0 saturated heterocycles. The zero-order valence-electron chi connectivity index (χ0n) is 9.23. The van der Waals surface area contributed by atoms with Crippen LogP contribution in [0.25, 0.3) is 0 Å². The Balaban J connectivity index is 2.08. The average molecular weight is 213 g/mol. The monoisotopic (exact) mass is 213 g/mol. The highest BCUT2D eigenvalue weighted by Gasteiger charge is 2.13. The van der Waals surface area contributed by atoms with Gasteiger partial charge in [-0.15, -0.1) is 0 Å². The first kappa shape index (κ1) is 10.7. The highest BCUT2D eigenvalue weighted by Crippen LogP contribution is 2.12. The van der Waals surface area contributed by atoms with Crippen LogP contribution in [0.4, 0.5) is 0 Å². The lowest BCUT2D eigenvalue weighted by Gasteiger charge is -2.19. The maximum Gasteiger partial charge on any atom is 0.246 e. The molecule has 0 radical (unpaired) electrons. The van der Waals surface area contributed by atoms with Crippen molar-refractivity contribution in [1.29, 1.82) is 0 Å². The van der Waals surface area contributed by atoms with Crippen molar-refractivity contribution >= 4 is 5.91 Å². The van der Waals surface area contributed by atoms with Crippen molar-refractivity contribution in [2.24, 2.45) is 0 Å². The predicted octanol–water partition coefficient (Wildman–Crippen LogP) is 2.53. The number of benzene rings is 1. The Morgan fingerprint density at radius 3 is 2.69 bits per heavy atom. The van der Waals surface area contributed by atoms with E-state index in [-0.39, 0.29) is 5.91 Å². The topological polar surface area (TPSA) is 20.3 Å². The second kappa shape index (κ2) is 4.79. The molecule has 0 aliphatic carbocycles. The summed E-state index contributed by atoms with van der Waals surface area (Å²) in [5, 5.41) is 0. The fraction of sp³-hybridized carbons (Fsp3) is 0.214. The van der Waals surface area contributed by atoms with E-state index >= 15 is 0 Å². The number of nitrogens with zero attached hydrogens (tertiary/aromatic N) is 1. The van der Waals surface area contributed by atoms with Crippen LogP contribution in [0.15, 0.2) is 54.6 Å². The number of hydrogen-bond acceptors (Lipinski definition) is 1. The number of carbonyl (C=O) groups excluding carboxylic acids is 1. The summed E-state index contributed by atoms with van der Waals surface area (Å²) >= 11 is 0. The van der Waals surface area contributed by atoms with Gasteiger partial charge in [-0.05, 0) is 12.0 Å². The van der Waals surface area contributed by atoms with Gasteiger partial charge in [0.1, 0.15) is 0 Å². The highest BCUT2D eigenvalue weighted by molar-refractivity contribution is 5.88. The van der Waals surface area contributed by atoms with E-state index in [1.807, 2.05) is 41.3 Å². The molecule has 0 fully saturated rings. The molecular weight excluding hydrogens is 198 g/mol. The summed E-state index contributed by atoms with van der Waals surface area (Å²) in [6.45, 7) is 5.31. The summed E-state index contributed by atoms with van der Waals surface area (Å²) in [5.74, 6) is 0.0718. The van der Waals surface area contributed by atoms with Gasteiger partial charge in [-0.1, -0.05) is 48.6 Å². The van der Waals surface area contributed by atoms with Gasteiger partial charge in [-0.2, -0.15) is 0 Å². The normalized spacial score (nSPS) is 16.4. The standard InChI is InChI=1S/C14H15NO/c1-12-7-8-14(16)15(10-9-12)11-13-5-3-2-4-6-13/h2-8H,1,9-11H2. The third-order valence-corrected chi connectivity index (χ3v) is 2.69. The smallest absolute Gasteiger partial charge is 0.246 e. The molecule has 1 heterocycles. The number of rotatable bonds is 2. The molecule has 1 aromatic rings. The van der Waals surface area contributed by atoms with E-state index in [0.717, 1.165) is 24.1 Å². The van der Waals surface area contributed by atoms with Crippen LogP contribution in [0, 0.1) is 0 Å². The third-order valence-electron chi connectivity index (χ3n) is 2.69. The van der Waals surface area contributed by atoms with E-state index in [1.54, 1.807) is 6.08 Å². The highest BCUT2D eigenvalue weighted by atomic mass is 16.2. The van der Waals surface area contributed by atoms with Gasteiger partial charge in [-0.25, -0.2) is 0 Å². The molecule has 16 heavy (non-hydrogen) atoms. The fourth-order valence-electron chi connectivity index (χ4n) is 1.73. The maximum absolute atomic E-state index is 11.8. The number of allylic oxidation sites excluding steroid dienone is 1. The minimum Gasteiger partial charge on any atom is -0.335 e. The van der Waals surface area contributed by atoms with Crippen LogP contribution in [-0.4, -0.2) is 17.4 Å². The quantitative estimate of drug-likeness (QED) is 0.739. The Kier molecular flexibility index (Phi) is 3.20. The van der Waals surface area contributed by atoms with Crippen molar-refractivity contribution in [2.75, 3.05) is 6.54 Å². The Hall–Kier alpha value is -1.83. The minimum atomic E-state index is 0.0718. The molecule has 0 spiro atoms. The number of amides is 1. The van der Waals surface area contributed by atoms with E-state index in [4.69, 9.17) is 0 Å². The van der Waals surface area contributed by atoms with Gasteiger partial charge < -0.3 is 4.90 Å². The second-order valence-electron chi connectivity index (χ2n) is 3.99. The SMILES string of the molecule is C=C1C=CC(=O)N(Cc2ccccc2)CC1. The van der Waals surface area contributed by atoms with Crippen molar-refractivity contribution in [3.8, 4) is 0 Å². The van der Waals surface area contributed by atoms with E-state index in [0.29, 0.717) is 6.54 Å². The Labute approximate surface area is 95.9 Å². The predicted molar refractivity (Wildman–Crippen MR) is 64.8 cm³/mol. The van der Waals surface area contributed by atoms with Crippen molar-refractivity contribution in [2.45, 2.75) is 13.0 Å². The van der Waals surface area contributed by atoms with Crippen LogP contribution in [0.2, 0.25) is 0 Å². The van der Waals surface area contributed by atoms with Gasteiger partial charge in [0.15, 0.2) is 0 Å². The zero-order valence-corrected chi connectivity index (χ0v) is 9.23. The molecule has 0 unspecified atom stereocenters. The van der Waals surface area contributed by atoms with E-state index in [9.17, 15) is 4.79 Å². The first-order valence-electron chi connectivity index (χ1n) is 5.44. The van der Waals surface area contributed by atoms with E-state index in [2.05, 4.69) is 6.58 Å². The molecule has 0 N–H and O–H groups in total. The summed E-state index contributed by atoms with van der Waals surface area (Å²) in [6.07, 6.45) is 4.28. The van der Waals surface area contributed by atoms with Crippen LogP contribution in [0.5, 0.6) is 0 Å². The van der Waals surface area contributed by atoms with Crippen molar-refractivity contribution < 1.29 is 4.79 Å². The molecule has 0 saturated carbocycles. The Morgan fingerprint density at radius 2 is 1.94 bits per heavy atom. The summed E-state index contributed by atoms with van der Waals surface area (Å²) in [4.78, 5) is 13.6.